The average molecular weight is 432 g/mol. The fourth-order valence-electron chi connectivity index (χ4n) is 3.15. The van der Waals surface area contributed by atoms with Crippen molar-refractivity contribution >= 4 is 23.8 Å². The number of hydrogen-bond acceptors (Lipinski definition) is 8. The van der Waals surface area contributed by atoms with Gasteiger partial charge < -0.3 is 38.0 Å². The zero-order valence-electron chi connectivity index (χ0n) is 17.0. The summed E-state index contributed by atoms with van der Waals surface area (Å²) in [6.07, 6.45) is 2.09. The topological polar surface area (TPSA) is 206 Å². The van der Waals surface area contributed by atoms with Gasteiger partial charge in [0.1, 0.15) is 18.0 Å². The number of carboxylic acids is 2. The van der Waals surface area contributed by atoms with Crippen LogP contribution in [0, 0.1) is 0 Å². The highest BCUT2D eigenvalue weighted by Crippen LogP contribution is 2.17. The van der Waals surface area contributed by atoms with E-state index in [1.165, 1.54) is 0 Å². The van der Waals surface area contributed by atoms with E-state index in [-0.39, 0.29) is 18.8 Å². The number of nitrogens with one attached hydrogen (secondary N) is 2. The van der Waals surface area contributed by atoms with Crippen molar-refractivity contribution in [2.75, 3.05) is 0 Å². The molecule has 0 aromatic heterocycles. The molecule has 0 fully saturated rings. The molecule has 168 valence electrons. The number of guanidine groups is 1. The number of unbranched alkanes of at least 4 members (excludes halogenated alkanes) is 1. The van der Waals surface area contributed by atoms with Crippen LogP contribution in [0.3, 0.4) is 0 Å². The van der Waals surface area contributed by atoms with Gasteiger partial charge in [-0.2, -0.15) is 0 Å². The first-order valence-electron chi connectivity index (χ1n) is 9.86. The van der Waals surface area contributed by atoms with Crippen molar-refractivity contribution in [2.45, 2.75) is 50.7 Å². The molecule has 1 unspecified atom stereocenters. The van der Waals surface area contributed by atoms with Gasteiger partial charge in [0.2, 0.25) is 0 Å². The minimum atomic E-state index is -1.27. The summed E-state index contributed by atoms with van der Waals surface area (Å²) in [5.74, 6) is -2.32. The summed E-state index contributed by atoms with van der Waals surface area (Å²) < 4.78 is 0. The van der Waals surface area contributed by atoms with E-state index in [4.69, 9.17) is 27.4 Å². The fraction of sp³-hybridized carbons (Fsp3) is 0.400. The van der Waals surface area contributed by atoms with Gasteiger partial charge in [-0.05, 0) is 49.8 Å². The van der Waals surface area contributed by atoms with Crippen LogP contribution in [0.5, 0.6) is 0 Å². The van der Waals surface area contributed by atoms with Crippen molar-refractivity contribution in [1.29, 1.82) is 0 Å². The maximum atomic E-state index is 12.3. The Hall–Kier alpha value is -3.60. The molecule has 1 aliphatic heterocycles. The molecule has 0 radical (unpaired) electrons. The van der Waals surface area contributed by atoms with E-state index in [2.05, 4.69) is 15.6 Å². The standard InChI is InChI=1S/C20H28N6O5/c21-16-13(17(22)26-20(23)25-16)4-2-1-3-11-5-7-12(8-6-11)18(29)24-14(19(30)31)9-10-15(27)28/h5-8,14,16H,1-4,9-10,21-22H2,(H,24,29)(H,27,28)(H,30,31)(H3,23,25,26)/t14-,16?/m0/s1. The molecule has 31 heavy (non-hydrogen) atoms. The molecule has 1 amide bonds. The molecule has 2 atom stereocenters. The SMILES string of the molecule is NC1=NC(N)C(CCCCc2ccc(C(=O)N[C@@H](CCC(=O)O)C(=O)O)cc2)=C(N)N1. The first-order valence-corrected chi connectivity index (χ1v) is 9.86. The molecule has 11 heteroatoms. The number of benzene rings is 1. The Morgan fingerprint density at radius 1 is 1.10 bits per heavy atom. The van der Waals surface area contributed by atoms with E-state index in [1.54, 1.807) is 24.3 Å². The van der Waals surface area contributed by atoms with Crippen LogP contribution in [0.1, 0.15) is 48.0 Å². The largest absolute Gasteiger partial charge is 0.481 e. The molecule has 0 saturated carbocycles. The van der Waals surface area contributed by atoms with E-state index in [0.29, 0.717) is 17.8 Å². The summed E-state index contributed by atoms with van der Waals surface area (Å²) in [6, 6.07) is 5.56. The number of aliphatic carboxylic acids is 2. The number of carbonyl (C=O) groups excluding carboxylic acids is 1. The van der Waals surface area contributed by atoms with Gasteiger partial charge in [0.25, 0.3) is 5.91 Å². The Balaban J connectivity index is 1.82. The zero-order valence-corrected chi connectivity index (χ0v) is 17.0. The lowest BCUT2D eigenvalue weighted by atomic mass is 10.0. The van der Waals surface area contributed by atoms with Gasteiger partial charge in [-0.3, -0.25) is 9.59 Å². The van der Waals surface area contributed by atoms with Crippen molar-refractivity contribution in [2.24, 2.45) is 22.2 Å². The van der Waals surface area contributed by atoms with Gasteiger partial charge in [0.15, 0.2) is 5.96 Å². The Morgan fingerprint density at radius 3 is 2.32 bits per heavy atom. The molecular formula is C20H28N6O5. The Kier molecular flexibility index (Phi) is 8.38. The minimum Gasteiger partial charge on any atom is -0.481 e. The van der Waals surface area contributed by atoms with Crippen molar-refractivity contribution in [1.82, 2.24) is 10.6 Å². The van der Waals surface area contributed by atoms with E-state index >= 15 is 0 Å². The third kappa shape index (κ3) is 7.30. The predicted octanol–water partition coefficient (Wildman–Crippen LogP) is -0.180. The van der Waals surface area contributed by atoms with Crippen molar-refractivity contribution in [3.63, 3.8) is 0 Å². The highest BCUT2D eigenvalue weighted by molar-refractivity contribution is 5.96. The number of nitrogens with two attached hydrogens (primary N) is 3. The molecule has 10 N–H and O–H groups in total. The van der Waals surface area contributed by atoms with Crippen molar-refractivity contribution in [3.05, 3.63) is 46.8 Å². The molecule has 1 heterocycles. The maximum Gasteiger partial charge on any atom is 0.326 e. The second-order valence-corrected chi connectivity index (χ2v) is 7.22. The van der Waals surface area contributed by atoms with E-state index in [0.717, 1.165) is 30.4 Å². The highest BCUT2D eigenvalue weighted by atomic mass is 16.4. The summed E-state index contributed by atoms with van der Waals surface area (Å²) >= 11 is 0. The van der Waals surface area contributed by atoms with Gasteiger partial charge in [-0.25, -0.2) is 9.79 Å². The van der Waals surface area contributed by atoms with Crippen LogP contribution in [0.25, 0.3) is 0 Å². The summed E-state index contributed by atoms with van der Waals surface area (Å²) in [5, 5.41) is 23.0. The fourth-order valence-corrected chi connectivity index (χ4v) is 3.15. The number of nitrogens with zero attached hydrogens (tertiary/aromatic N) is 1. The summed E-state index contributed by atoms with van der Waals surface area (Å²) in [7, 11) is 0. The molecule has 0 spiro atoms. The zero-order chi connectivity index (χ0) is 23.0. The monoisotopic (exact) mass is 432 g/mol. The van der Waals surface area contributed by atoms with Gasteiger partial charge >= 0.3 is 11.9 Å². The quantitative estimate of drug-likeness (QED) is 0.231. The van der Waals surface area contributed by atoms with Crippen molar-refractivity contribution in [3.8, 4) is 0 Å². The molecule has 1 aromatic carbocycles. The first-order chi connectivity index (χ1) is 14.7. The summed E-state index contributed by atoms with van der Waals surface area (Å²) in [4.78, 5) is 38.1. The van der Waals surface area contributed by atoms with Crippen molar-refractivity contribution < 1.29 is 24.6 Å². The number of carbonyl (C=O) groups is 3. The van der Waals surface area contributed by atoms with Crippen LogP contribution >= 0.6 is 0 Å². The third-order valence-electron chi connectivity index (χ3n) is 4.87. The lowest BCUT2D eigenvalue weighted by Gasteiger charge is -2.22. The molecule has 1 aliphatic rings. The molecule has 0 aliphatic carbocycles. The second-order valence-electron chi connectivity index (χ2n) is 7.22. The Labute approximate surface area is 179 Å². The maximum absolute atomic E-state index is 12.3. The molecule has 0 saturated heterocycles. The van der Waals surface area contributed by atoms with E-state index in [9.17, 15) is 14.4 Å². The number of amides is 1. The normalized spacial score (nSPS) is 16.8. The Morgan fingerprint density at radius 2 is 1.74 bits per heavy atom. The van der Waals surface area contributed by atoms with Gasteiger partial charge in [0, 0.05) is 17.6 Å². The number of aliphatic imine (C=N–C) groups is 1. The van der Waals surface area contributed by atoms with Gasteiger partial charge in [-0.15, -0.1) is 0 Å². The number of aryl methyl sites for hydroxylation is 1. The number of hydrogen-bond donors (Lipinski definition) is 7. The predicted molar refractivity (Wildman–Crippen MR) is 114 cm³/mol. The highest BCUT2D eigenvalue weighted by Gasteiger charge is 2.21. The second kappa shape index (κ2) is 11.0. The van der Waals surface area contributed by atoms with Crippen LogP contribution in [-0.2, 0) is 16.0 Å². The van der Waals surface area contributed by atoms with Crippen LogP contribution in [0.15, 0.2) is 40.7 Å². The van der Waals surface area contributed by atoms with E-state index < -0.39 is 30.1 Å². The smallest absolute Gasteiger partial charge is 0.326 e. The lowest BCUT2D eigenvalue weighted by molar-refractivity contribution is -0.140. The molecular weight excluding hydrogens is 404 g/mol. The van der Waals surface area contributed by atoms with Gasteiger partial charge in [-0.1, -0.05) is 12.1 Å². The summed E-state index contributed by atoms with van der Waals surface area (Å²) in [5.41, 5.74) is 19.6. The van der Waals surface area contributed by atoms with Crippen LogP contribution in [0.4, 0.5) is 0 Å². The molecule has 2 rings (SSSR count). The first kappa shape index (κ1) is 23.7. The van der Waals surface area contributed by atoms with Crippen LogP contribution in [0.2, 0.25) is 0 Å². The number of rotatable bonds is 11. The summed E-state index contributed by atoms with van der Waals surface area (Å²) in [6.45, 7) is 0. The number of carboxylic acid groups (broad SMARTS) is 2. The molecule has 0 bridgehead atoms. The van der Waals surface area contributed by atoms with Crippen LogP contribution < -0.4 is 27.8 Å². The Bertz CT molecular complexity index is 881. The minimum absolute atomic E-state index is 0.188. The van der Waals surface area contributed by atoms with E-state index in [1.807, 2.05) is 0 Å². The average Bonchev–Trinajstić information content (AvgIpc) is 2.69. The lowest BCUT2D eigenvalue weighted by Crippen LogP contribution is -2.43. The third-order valence-corrected chi connectivity index (χ3v) is 4.87. The molecule has 11 nitrogen and oxygen atoms in total. The molecule has 1 aromatic rings. The van der Waals surface area contributed by atoms with Gasteiger partial charge in [0.05, 0.1) is 0 Å². The van der Waals surface area contributed by atoms with Crippen LogP contribution in [-0.4, -0.2) is 46.2 Å².